The van der Waals surface area contributed by atoms with E-state index in [2.05, 4.69) is 0 Å². The van der Waals surface area contributed by atoms with E-state index in [0.717, 1.165) is 11.1 Å². The van der Waals surface area contributed by atoms with E-state index < -0.39 is 5.97 Å². The molecule has 32 heavy (non-hydrogen) atoms. The van der Waals surface area contributed by atoms with Crippen molar-refractivity contribution < 1.29 is 28.5 Å². The molecule has 1 aliphatic rings. The van der Waals surface area contributed by atoms with Crippen LogP contribution in [0.3, 0.4) is 0 Å². The van der Waals surface area contributed by atoms with Crippen LogP contribution in [0.2, 0.25) is 0 Å². The Bertz CT molecular complexity index is 946. The predicted molar refractivity (Wildman–Crippen MR) is 121 cm³/mol. The minimum absolute atomic E-state index is 0.0423. The Morgan fingerprint density at radius 1 is 1.06 bits per heavy atom. The maximum atomic E-state index is 12.9. The first-order valence-electron chi connectivity index (χ1n) is 10.4. The van der Waals surface area contributed by atoms with Crippen LogP contribution in [0.15, 0.2) is 36.4 Å². The lowest BCUT2D eigenvalue weighted by atomic mass is 9.91. The van der Waals surface area contributed by atoms with Gasteiger partial charge in [0.15, 0.2) is 11.5 Å². The third kappa shape index (κ3) is 5.27. The summed E-state index contributed by atoms with van der Waals surface area (Å²) in [5.41, 5.74) is 2.51. The Kier molecular flexibility index (Phi) is 8.22. The highest BCUT2D eigenvalue weighted by molar-refractivity contribution is 6.17. The van der Waals surface area contributed by atoms with Crippen LogP contribution in [0.4, 0.5) is 0 Å². The molecule has 0 saturated carbocycles. The molecule has 1 atom stereocenters. The zero-order valence-electron chi connectivity index (χ0n) is 18.6. The smallest absolute Gasteiger partial charge is 0.337 e. The molecule has 0 unspecified atom stereocenters. The number of alkyl halides is 1. The second-order valence-electron chi connectivity index (χ2n) is 7.38. The van der Waals surface area contributed by atoms with Gasteiger partial charge in [0, 0.05) is 18.8 Å². The van der Waals surface area contributed by atoms with Gasteiger partial charge in [0.05, 0.1) is 32.9 Å². The van der Waals surface area contributed by atoms with Crippen LogP contribution in [-0.2, 0) is 16.0 Å². The maximum absolute atomic E-state index is 12.9. The van der Waals surface area contributed by atoms with Crippen molar-refractivity contribution >= 4 is 23.5 Å². The number of nitrogens with zero attached hydrogens (tertiary/aromatic N) is 1. The SMILES string of the molecule is COC(=O)c1ccc(OC[C@H]2c3cc(OC)c(OC)cc3CCN2C(=O)CCCCl)cc1. The summed E-state index contributed by atoms with van der Waals surface area (Å²) in [4.78, 5) is 26.4. The van der Waals surface area contributed by atoms with Crippen molar-refractivity contribution in [1.29, 1.82) is 0 Å². The lowest BCUT2D eigenvalue weighted by Crippen LogP contribution is -2.42. The molecule has 2 aromatic carbocycles. The van der Waals surface area contributed by atoms with Crippen molar-refractivity contribution in [3.63, 3.8) is 0 Å². The first-order chi connectivity index (χ1) is 15.5. The van der Waals surface area contributed by atoms with Gasteiger partial charge in [0.1, 0.15) is 12.4 Å². The zero-order valence-corrected chi connectivity index (χ0v) is 19.3. The Morgan fingerprint density at radius 3 is 2.38 bits per heavy atom. The van der Waals surface area contributed by atoms with E-state index in [1.807, 2.05) is 17.0 Å². The van der Waals surface area contributed by atoms with E-state index in [-0.39, 0.29) is 18.6 Å². The van der Waals surface area contributed by atoms with Gasteiger partial charge in [-0.3, -0.25) is 4.79 Å². The molecule has 2 aromatic rings. The number of esters is 1. The molecule has 7 nitrogen and oxygen atoms in total. The molecule has 1 amide bonds. The molecule has 172 valence electrons. The fraction of sp³-hybridized carbons (Fsp3) is 0.417. The summed E-state index contributed by atoms with van der Waals surface area (Å²) in [5.74, 6) is 1.93. The Hall–Kier alpha value is -2.93. The maximum Gasteiger partial charge on any atom is 0.337 e. The summed E-state index contributed by atoms with van der Waals surface area (Å²) in [6, 6.07) is 10.3. The summed E-state index contributed by atoms with van der Waals surface area (Å²) in [6.07, 6.45) is 1.72. The van der Waals surface area contributed by atoms with E-state index in [1.54, 1.807) is 38.5 Å². The van der Waals surface area contributed by atoms with Crippen LogP contribution in [0.1, 0.15) is 40.4 Å². The molecule has 0 bridgehead atoms. The standard InChI is InChI=1S/C24H28ClNO6/c1-29-21-13-17-10-12-26(23(27)5-4-11-25)20(19(17)14-22(21)30-2)15-32-18-8-6-16(7-9-18)24(28)31-3/h6-9,13-14,20H,4-5,10-12,15H2,1-3H3/t20-/m0/s1. The highest BCUT2D eigenvalue weighted by atomic mass is 35.5. The Labute approximate surface area is 193 Å². The fourth-order valence-electron chi connectivity index (χ4n) is 3.85. The normalized spacial score (nSPS) is 15.0. The third-order valence-corrected chi connectivity index (χ3v) is 5.80. The van der Waals surface area contributed by atoms with Crippen molar-refractivity contribution in [2.75, 3.05) is 40.4 Å². The van der Waals surface area contributed by atoms with Gasteiger partial charge in [-0.2, -0.15) is 0 Å². The van der Waals surface area contributed by atoms with Crippen LogP contribution >= 0.6 is 11.6 Å². The predicted octanol–water partition coefficient (Wildman–Crippen LogP) is 4.01. The second kappa shape index (κ2) is 11.1. The fourth-order valence-corrected chi connectivity index (χ4v) is 3.98. The van der Waals surface area contributed by atoms with Crippen molar-refractivity contribution in [1.82, 2.24) is 4.90 Å². The van der Waals surface area contributed by atoms with Gasteiger partial charge < -0.3 is 23.8 Å². The van der Waals surface area contributed by atoms with Gasteiger partial charge in [0.25, 0.3) is 0 Å². The topological polar surface area (TPSA) is 74.3 Å². The van der Waals surface area contributed by atoms with Gasteiger partial charge in [-0.15, -0.1) is 11.6 Å². The van der Waals surface area contributed by atoms with Gasteiger partial charge >= 0.3 is 5.97 Å². The molecule has 8 heteroatoms. The summed E-state index contributed by atoms with van der Waals surface area (Å²) in [6.45, 7) is 0.839. The molecule has 0 aliphatic carbocycles. The number of carbonyl (C=O) groups excluding carboxylic acids is 2. The summed E-state index contributed by atoms with van der Waals surface area (Å²) in [5, 5.41) is 0. The Morgan fingerprint density at radius 2 is 1.75 bits per heavy atom. The summed E-state index contributed by atoms with van der Waals surface area (Å²) in [7, 11) is 4.53. The minimum atomic E-state index is -0.408. The lowest BCUT2D eigenvalue weighted by Gasteiger charge is -2.37. The number of fused-ring (bicyclic) bond motifs is 1. The molecule has 0 radical (unpaired) electrons. The number of carbonyl (C=O) groups is 2. The number of hydrogen-bond acceptors (Lipinski definition) is 6. The zero-order chi connectivity index (χ0) is 23.1. The third-order valence-electron chi connectivity index (χ3n) is 5.53. The first kappa shape index (κ1) is 23.7. The Balaban J connectivity index is 1.87. The van der Waals surface area contributed by atoms with Crippen LogP contribution in [-0.4, -0.2) is 57.1 Å². The van der Waals surface area contributed by atoms with Crippen molar-refractivity contribution in [3.05, 3.63) is 53.1 Å². The van der Waals surface area contributed by atoms with Crippen LogP contribution in [0, 0.1) is 0 Å². The minimum Gasteiger partial charge on any atom is -0.493 e. The van der Waals surface area contributed by atoms with Crippen molar-refractivity contribution in [3.8, 4) is 17.2 Å². The average Bonchev–Trinajstić information content (AvgIpc) is 2.84. The summed E-state index contributed by atoms with van der Waals surface area (Å²) >= 11 is 5.80. The second-order valence-corrected chi connectivity index (χ2v) is 7.76. The molecule has 1 heterocycles. The van der Waals surface area contributed by atoms with E-state index in [1.165, 1.54) is 7.11 Å². The van der Waals surface area contributed by atoms with Gasteiger partial charge in [-0.25, -0.2) is 4.79 Å². The van der Waals surface area contributed by atoms with Gasteiger partial charge in [-0.05, 0) is 60.4 Å². The lowest BCUT2D eigenvalue weighted by molar-refractivity contribution is -0.134. The number of amides is 1. The molecule has 0 spiro atoms. The summed E-state index contributed by atoms with van der Waals surface area (Å²) < 4.78 is 21.7. The van der Waals surface area contributed by atoms with Crippen molar-refractivity contribution in [2.45, 2.75) is 25.3 Å². The molecule has 0 N–H and O–H groups in total. The number of rotatable bonds is 9. The highest BCUT2D eigenvalue weighted by Gasteiger charge is 2.32. The quantitative estimate of drug-likeness (QED) is 0.415. The average molecular weight is 462 g/mol. The van der Waals surface area contributed by atoms with Gasteiger partial charge in [-0.1, -0.05) is 0 Å². The van der Waals surface area contributed by atoms with E-state index in [9.17, 15) is 9.59 Å². The molecular formula is C24H28ClNO6. The number of methoxy groups -OCH3 is 3. The van der Waals surface area contributed by atoms with E-state index >= 15 is 0 Å². The number of hydrogen-bond donors (Lipinski definition) is 0. The monoisotopic (exact) mass is 461 g/mol. The van der Waals surface area contributed by atoms with E-state index in [0.29, 0.717) is 54.5 Å². The number of halogens is 1. The molecule has 0 saturated heterocycles. The number of ether oxygens (including phenoxy) is 4. The van der Waals surface area contributed by atoms with Crippen LogP contribution in [0.25, 0.3) is 0 Å². The van der Waals surface area contributed by atoms with E-state index in [4.69, 9.17) is 30.5 Å². The highest BCUT2D eigenvalue weighted by Crippen LogP contribution is 2.38. The van der Waals surface area contributed by atoms with Crippen LogP contribution in [0.5, 0.6) is 17.2 Å². The molecule has 1 aliphatic heterocycles. The van der Waals surface area contributed by atoms with Crippen LogP contribution < -0.4 is 14.2 Å². The number of benzene rings is 2. The molecule has 0 aromatic heterocycles. The first-order valence-corrected chi connectivity index (χ1v) is 11.0. The molecular weight excluding hydrogens is 434 g/mol. The largest absolute Gasteiger partial charge is 0.493 e. The molecule has 3 rings (SSSR count). The molecule has 0 fully saturated rings. The van der Waals surface area contributed by atoms with Gasteiger partial charge in [0.2, 0.25) is 5.91 Å². The van der Waals surface area contributed by atoms with Crippen molar-refractivity contribution in [2.24, 2.45) is 0 Å².